The molecule has 0 atom stereocenters. The second kappa shape index (κ2) is 10.2. The molecule has 1 aromatic carbocycles. The number of aryl methyl sites for hydroxylation is 1. The molecule has 0 saturated carbocycles. The van der Waals surface area contributed by atoms with Gasteiger partial charge in [0.05, 0.1) is 17.8 Å². The maximum absolute atomic E-state index is 12.7. The third-order valence-electron chi connectivity index (χ3n) is 4.06. The van der Waals surface area contributed by atoms with Crippen LogP contribution >= 0.6 is 11.3 Å². The summed E-state index contributed by atoms with van der Waals surface area (Å²) < 4.78 is 12.1. The molecular weight excluding hydrogens is 400 g/mol. The van der Waals surface area contributed by atoms with Gasteiger partial charge in [-0.2, -0.15) is 4.99 Å². The maximum Gasteiger partial charge on any atom is 0.279 e. The molecule has 0 aliphatic rings. The van der Waals surface area contributed by atoms with Crippen LogP contribution in [0.5, 0.6) is 11.5 Å². The number of nitrogens with zero attached hydrogens (tertiary/aromatic N) is 2. The van der Waals surface area contributed by atoms with Crippen LogP contribution in [0.15, 0.2) is 34.9 Å². The van der Waals surface area contributed by atoms with Crippen molar-refractivity contribution < 1.29 is 14.3 Å². The van der Waals surface area contributed by atoms with E-state index in [4.69, 9.17) is 15.2 Å². The van der Waals surface area contributed by atoms with Gasteiger partial charge >= 0.3 is 0 Å². The molecule has 0 radical (unpaired) electrons. The molecule has 0 saturated heterocycles. The van der Waals surface area contributed by atoms with E-state index >= 15 is 0 Å². The van der Waals surface area contributed by atoms with Gasteiger partial charge in [0.1, 0.15) is 22.9 Å². The summed E-state index contributed by atoms with van der Waals surface area (Å²) in [5.74, 6) is 0.810. The number of amidine groups is 1. The van der Waals surface area contributed by atoms with Crippen LogP contribution in [0.2, 0.25) is 0 Å². The molecule has 1 heterocycles. The third-order valence-corrected chi connectivity index (χ3v) is 5.05. The molecule has 1 amide bonds. The van der Waals surface area contributed by atoms with Gasteiger partial charge in [-0.05, 0) is 59.0 Å². The molecule has 30 heavy (non-hydrogen) atoms. The average molecular weight is 431 g/mol. The van der Waals surface area contributed by atoms with Gasteiger partial charge in [0.2, 0.25) is 0 Å². The van der Waals surface area contributed by atoms with Crippen LogP contribution in [0.4, 0.5) is 0 Å². The summed E-state index contributed by atoms with van der Waals surface area (Å²) in [6.07, 6.45) is 3.86. The minimum absolute atomic E-state index is 0.108. The Balaban J connectivity index is 2.31. The normalized spacial score (nSPS) is 12.3. The smallest absolute Gasteiger partial charge is 0.279 e. The number of nitrogens with two attached hydrogens (primary N) is 1. The van der Waals surface area contributed by atoms with E-state index in [0.717, 1.165) is 17.7 Å². The number of nitrogens with one attached hydrogen (secondary N) is 1. The highest BCUT2D eigenvalue weighted by molar-refractivity contribution is 7.09. The highest BCUT2D eigenvalue weighted by atomic mass is 32.1. The summed E-state index contributed by atoms with van der Waals surface area (Å²) in [5, 5.41) is 2.81. The molecule has 162 valence electrons. The number of carbonyl (C=O) groups excluding carboxylic acids is 1. The number of aromatic nitrogens is 1. The molecule has 0 bridgehead atoms. The van der Waals surface area contributed by atoms with E-state index in [2.05, 4.69) is 15.3 Å². The number of rotatable bonds is 8. The molecule has 0 fully saturated rings. The van der Waals surface area contributed by atoms with Crippen molar-refractivity contribution in [3.63, 3.8) is 0 Å². The minimum atomic E-state index is -0.463. The molecule has 7 nitrogen and oxygen atoms in total. The van der Waals surface area contributed by atoms with Gasteiger partial charge in [0.25, 0.3) is 5.91 Å². The molecule has 3 N–H and O–H groups in total. The standard InChI is InChI=1S/C22H30N4O3S/c1-14-17(28-10-8-19-15(2)25-13-30-19)11-16(12-18(14)29-22(3,4)5)21(27)26-20(23)7-9-24-6/h7,9,11-13,24H,8,10H2,1-6H3,(H2,23,26,27)/b9-7-. The summed E-state index contributed by atoms with van der Waals surface area (Å²) in [6, 6.07) is 3.37. The molecule has 0 unspecified atom stereocenters. The summed E-state index contributed by atoms with van der Waals surface area (Å²) in [7, 11) is 1.74. The Morgan fingerprint density at radius 3 is 2.60 bits per heavy atom. The first-order valence-electron chi connectivity index (χ1n) is 9.68. The monoisotopic (exact) mass is 430 g/mol. The average Bonchev–Trinajstić information content (AvgIpc) is 3.06. The highest BCUT2D eigenvalue weighted by Crippen LogP contribution is 2.33. The first-order valence-corrected chi connectivity index (χ1v) is 10.6. The molecule has 0 aliphatic carbocycles. The van der Waals surface area contributed by atoms with Gasteiger partial charge in [-0.3, -0.25) is 4.79 Å². The first-order chi connectivity index (χ1) is 14.1. The summed E-state index contributed by atoms with van der Waals surface area (Å²) in [5.41, 5.74) is 9.38. The number of ether oxygens (including phenoxy) is 2. The SMILES string of the molecule is CN/C=C\C(N)=NC(=O)c1cc(OCCc2scnc2C)c(C)c(OC(C)(C)C)c1. The lowest BCUT2D eigenvalue weighted by Crippen LogP contribution is -2.24. The van der Waals surface area contributed by atoms with Gasteiger partial charge in [0.15, 0.2) is 0 Å². The van der Waals surface area contributed by atoms with E-state index in [9.17, 15) is 4.79 Å². The zero-order valence-electron chi connectivity index (χ0n) is 18.4. The van der Waals surface area contributed by atoms with Crippen molar-refractivity contribution in [2.75, 3.05) is 13.7 Å². The predicted molar refractivity (Wildman–Crippen MR) is 122 cm³/mol. The molecule has 0 aliphatic heterocycles. The van der Waals surface area contributed by atoms with Crippen LogP contribution in [0, 0.1) is 13.8 Å². The van der Waals surface area contributed by atoms with Gasteiger partial charge in [0, 0.05) is 29.5 Å². The van der Waals surface area contributed by atoms with E-state index in [1.54, 1.807) is 36.7 Å². The lowest BCUT2D eigenvalue weighted by molar-refractivity contribution is 0.0998. The Morgan fingerprint density at radius 1 is 1.30 bits per heavy atom. The first kappa shape index (κ1) is 23.4. The topological polar surface area (TPSA) is 98.8 Å². The van der Waals surface area contributed by atoms with Crippen molar-refractivity contribution in [3.8, 4) is 11.5 Å². The number of hydrogen-bond donors (Lipinski definition) is 2. The second-order valence-electron chi connectivity index (χ2n) is 7.74. The van der Waals surface area contributed by atoms with Crippen LogP contribution in [0.25, 0.3) is 0 Å². The molecule has 1 aromatic heterocycles. The number of benzene rings is 1. The number of amides is 1. The van der Waals surface area contributed by atoms with Crippen molar-refractivity contribution >= 4 is 23.1 Å². The maximum atomic E-state index is 12.7. The van der Waals surface area contributed by atoms with Crippen LogP contribution < -0.4 is 20.5 Å². The van der Waals surface area contributed by atoms with E-state index in [1.807, 2.05) is 40.1 Å². The molecular formula is C22H30N4O3S. The highest BCUT2D eigenvalue weighted by Gasteiger charge is 2.19. The number of aliphatic imine (C=N–C) groups is 1. The minimum Gasteiger partial charge on any atom is -0.493 e. The Hall–Kier alpha value is -2.87. The van der Waals surface area contributed by atoms with E-state index in [1.165, 1.54) is 11.0 Å². The van der Waals surface area contributed by atoms with Gasteiger partial charge in [-0.15, -0.1) is 11.3 Å². The predicted octanol–water partition coefficient (Wildman–Crippen LogP) is 3.79. The van der Waals surface area contributed by atoms with Crippen LogP contribution in [0.1, 0.15) is 47.3 Å². The quantitative estimate of drug-likeness (QED) is 0.488. The van der Waals surface area contributed by atoms with Gasteiger partial charge in [-0.1, -0.05) is 0 Å². The Bertz CT molecular complexity index is 942. The Kier molecular flexibility index (Phi) is 8.00. The molecule has 8 heteroatoms. The zero-order valence-corrected chi connectivity index (χ0v) is 19.2. The molecule has 2 aromatic rings. The third kappa shape index (κ3) is 6.88. The van der Waals surface area contributed by atoms with Crippen LogP contribution in [-0.4, -0.2) is 36.0 Å². The Morgan fingerprint density at radius 2 is 2.00 bits per heavy atom. The second-order valence-corrected chi connectivity index (χ2v) is 8.67. The lowest BCUT2D eigenvalue weighted by atomic mass is 10.1. The van der Waals surface area contributed by atoms with E-state index in [-0.39, 0.29) is 5.84 Å². The zero-order chi connectivity index (χ0) is 22.3. The van der Waals surface area contributed by atoms with Crippen molar-refractivity contribution in [1.29, 1.82) is 0 Å². The summed E-state index contributed by atoms with van der Waals surface area (Å²) in [6.45, 7) is 10.2. The van der Waals surface area contributed by atoms with Gasteiger partial charge < -0.3 is 20.5 Å². The number of thiazole rings is 1. The molecule has 2 rings (SSSR count). The van der Waals surface area contributed by atoms with Crippen LogP contribution in [0.3, 0.4) is 0 Å². The van der Waals surface area contributed by atoms with Crippen molar-refractivity contribution in [3.05, 3.63) is 51.6 Å². The van der Waals surface area contributed by atoms with Gasteiger partial charge in [-0.25, -0.2) is 4.98 Å². The Labute approximate surface area is 182 Å². The molecule has 0 spiro atoms. The summed E-state index contributed by atoms with van der Waals surface area (Å²) in [4.78, 5) is 22.0. The van der Waals surface area contributed by atoms with Crippen molar-refractivity contribution in [1.82, 2.24) is 10.3 Å². The fourth-order valence-electron chi connectivity index (χ4n) is 2.58. The number of hydrogen-bond acceptors (Lipinski definition) is 6. The number of carbonyl (C=O) groups is 1. The lowest BCUT2D eigenvalue weighted by Gasteiger charge is -2.24. The van der Waals surface area contributed by atoms with Crippen molar-refractivity contribution in [2.45, 2.75) is 46.6 Å². The fraction of sp³-hybridized carbons (Fsp3) is 0.409. The van der Waals surface area contributed by atoms with E-state index in [0.29, 0.717) is 23.7 Å². The van der Waals surface area contributed by atoms with Crippen LogP contribution in [-0.2, 0) is 6.42 Å². The summed E-state index contributed by atoms with van der Waals surface area (Å²) >= 11 is 1.61. The largest absolute Gasteiger partial charge is 0.493 e. The van der Waals surface area contributed by atoms with Crippen molar-refractivity contribution in [2.24, 2.45) is 10.7 Å². The fourth-order valence-corrected chi connectivity index (χ4v) is 3.34. The van der Waals surface area contributed by atoms with E-state index < -0.39 is 11.5 Å².